The van der Waals surface area contributed by atoms with Crippen molar-refractivity contribution in [1.29, 1.82) is 0 Å². The van der Waals surface area contributed by atoms with Gasteiger partial charge in [-0.25, -0.2) is 22.6 Å². The maximum absolute atomic E-state index is 14.0. The third-order valence-corrected chi connectivity index (χ3v) is 9.85. The third kappa shape index (κ3) is 8.14. The van der Waals surface area contributed by atoms with Crippen LogP contribution in [0.3, 0.4) is 0 Å². The zero-order chi connectivity index (χ0) is 31.4. The van der Waals surface area contributed by atoms with E-state index in [9.17, 15) is 17.6 Å². The fourth-order valence-corrected chi connectivity index (χ4v) is 6.80. The second-order valence-electron chi connectivity index (χ2n) is 11.5. The number of nitrogens with one attached hydrogen (secondary N) is 3. The third-order valence-electron chi connectivity index (χ3n) is 7.98. The number of halogens is 1. The molecule has 6 rings (SSSR count). The largest absolute Gasteiger partial charge is 0.439 e. The lowest BCUT2D eigenvalue weighted by atomic mass is 9.87. The molecule has 2 fully saturated rings. The van der Waals surface area contributed by atoms with Crippen LogP contribution < -0.4 is 20.1 Å². The average molecular weight is 631 g/mol. The molecular formula is C33H35FN6O4S. The van der Waals surface area contributed by atoms with Gasteiger partial charge in [-0.1, -0.05) is 18.2 Å². The molecule has 1 saturated carbocycles. The SMILES string of the molecule is Cc1ccc(NC(=O)NC2CC(c3cccc(F)c3)CCN2Cc2ccc(Oc3ccc(NS(=O)(=O)C4CC4)cc3)nc2)cn1. The molecule has 1 aliphatic heterocycles. The Kier molecular flexibility index (Phi) is 8.95. The Balaban J connectivity index is 1.10. The molecule has 234 valence electrons. The van der Waals surface area contributed by atoms with Crippen molar-refractivity contribution in [2.24, 2.45) is 0 Å². The van der Waals surface area contributed by atoms with Crippen LogP contribution >= 0.6 is 0 Å². The van der Waals surface area contributed by atoms with E-state index in [-0.39, 0.29) is 29.2 Å². The van der Waals surface area contributed by atoms with Crippen LogP contribution in [0.4, 0.5) is 20.6 Å². The fraction of sp³-hybridized carbons (Fsp3) is 0.303. The molecule has 2 aromatic heterocycles. The number of piperidine rings is 1. The predicted molar refractivity (Wildman–Crippen MR) is 170 cm³/mol. The van der Waals surface area contributed by atoms with Crippen LogP contribution in [0.15, 0.2) is 85.2 Å². The summed E-state index contributed by atoms with van der Waals surface area (Å²) in [6.07, 6.45) is 5.87. The molecule has 0 spiro atoms. The minimum absolute atomic E-state index is 0.0904. The summed E-state index contributed by atoms with van der Waals surface area (Å²) in [5.41, 5.74) is 3.80. The number of urea groups is 1. The van der Waals surface area contributed by atoms with E-state index in [0.717, 1.165) is 23.2 Å². The van der Waals surface area contributed by atoms with Gasteiger partial charge in [0.05, 0.1) is 23.3 Å². The number of anilines is 2. The molecule has 4 aromatic rings. The van der Waals surface area contributed by atoms with Crippen molar-refractivity contribution in [3.63, 3.8) is 0 Å². The normalized spacial score (nSPS) is 18.6. The molecule has 3 N–H and O–H groups in total. The monoisotopic (exact) mass is 630 g/mol. The molecule has 2 unspecified atom stereocenters. The van der Waals surface area contributed by atoms with Crippen molar-refractivity contribution in [1.82, 2.24) is 20.2 Å². The van der Waals surface area contributed by atoms with Crippen molar-refractivity contribution in [3.8, 4) is 11.6 Å². The van der Waals surface area contributed by atoms with Gasteiger partial charge in [0.1, 0.15) is 11.6 Å². The molecule has 0 bridgehead atoms. The number of amides is 2. The Bertz CT molecular complexity index is 1730. The van der Waals surface area contributed by atoms with E-state index in [1.807, 2.05) is 25.1 Å². The average Bonchev–Trinajstić information content (AvgIpc) is 3.88. The van der Waals surface area contributed by atoms with Gasteiger partial charge in [0.2, 0.25) is 15.9 Å². The Morgan fingerprint density at radius 2 is 1.78 bits per heavy atom. The highest BCUT2D eigenvalue weighted by molar-refractivity contribution is 7.93. The molecule has 2 amide bonds. The fourth-order valence-electron chi connectivity index (χ4n) is 5.41. The van der Waals surface area contributed by atoms with Gasteiger partial charge in [0.15, 0.2) is 0 Å². The lowest BCUT2D eigenvalue weighted by molar-refractivity contribution is 0.108. The van der Waals surface area contributed by atoms with Crippen LogP contribution in [-0.4, -0.2) is 47.3 Å². The molecule has 45 heavy (non-hydrogen) atoms. The maximum atomic E-state index is 14.0. The number of carbonyl (C=O) groups is 1. The summed E-state index contributed by atoms with van der Waals surface area (Å²) >= 11 is 0. The van der Waals surface area contributed by atoms with Gasteiger partial charge in [0, 0.05) is 36.7 Å². The van der Waals surface area contributed by atoms with Crippen LogP contribution in [0.2, 0.25) is 0 Å². The molecule has 2 aromatic carbocycles. The number of hydrogen-bond acceptors (Lipinski definition) is 7. The van der Waals surface area contributed by atoms with E-state index >= 15 is 0 Å². The van der Waals surface area contributed by atoms with Gasteiger partial charge in [-0.2, -0.15) is 0 Å². The van der Waals surface area contributed by atoms with Gasteiger partial charge in [-0.3, -0.25) is 14.6 Å². The van der Waals surface area contributed by atoms with Crippen LogP contribution in [0, 0.1) is 12.7 Å². The van der Waals surface area contributed by atoms with Crippen molar-refractivity contribution in [2.45, 2.75) is 56.5 Å². The molecule has 1 saturated heterocycles. The molecule has 0 radical (unpaired) electrons. The number of nitrogens with zero attached hydrogens (tertiary/aromatic N) is 3. The topological polar surface area (TPSA) is 126 Å². The predicted octanol–water partition coefficient (Wildman–Crippen LogP) is 6.15. The number of sulfonamides is 1. The van der Waals surface area contributed by atoms with Crippen molar-refractivity contribution in [3.05, 3.63) is 108 Å². The van der Waals surface area contributed by atoms with Crippen molar-refractivity contribution in [2.75, 3.05) is 16.6 Å². The van der Waals surface area contributed by atoms with Crippen molar-refractivity contribution >= 4 is 27.4 Å². The second-order valence-corrected chi connectivity index (χ2v) is 13.5. The van der Waals surface area contributed by atoms with Crippen LogP contribution in [-0.2, 0) is 16.6 Å². The Hall–Kier alpha value is -4.55. The molecule has 2 atom stereocenters. The number of pyridine rings is 2. The first-order valence-electron chi connectivity index (χ1n) is 14.9. The molecule has 1 aliphatic carbocycles. The lowest BCUT2D eigenvalue weighted by Gasteiger charge is -2.40. The van der Waals surface area contributed by atoms with E-state index < -0.39 is 10.0 Å². The van der Waals surface area contributed by atoms with Crippen LogP contribution in [0.5, 0.6) is 11.6 Å². The Morgan fingerprint density at radius 1 is 0.978 bits per heavy atom. The van der Waals surface area contributed by atoms with E-state index in [4.69, 9.17) is 4.74 Å². The summed E-state index contributed by atoms with van der Waals surface area (Å²) in [6, 6.07) is 20.4. The number of ether oxygens (including phenoxy) is 1. The number of carbonyl (C=O) groups excluding carboxylic acids is 1. The van der Waals surface area contributed by atoms with E-state index in [0.29, 0.717) is 55.4 Å². The molecule has 12 heteroatoms. The number of benzene rings is 2. The minimum atomic E-state index is -3.33. The number of rotatable bonds is 10. The van der Waals surface area contributed by atoms with Gasteiger partial charge in [-0.05, 0) is 98.2 Å². The first-order valence-corrected chi connectivity index (χ1v) is 16.5. The molecule has 10 nitrogen and oxygen atoms in total. The van der Waals surface area contributed by atoms with Crippen molar-refractivity contribution < 1.29 is 22.3 Å². The number of aryl methyl sites for hydroxylation is 1. The first kappa shape index (κ1) is 30.5. The van der Waals surface area contributed by atoms with Gasteiger partial charge >= 0.3 is 6.03 Å². The maximum Gasteiger partial charge on any atom is 0.320 e. The number of likely N-dealkylation sites (tertiary alicyclic amines) is 1. The summed E-state index contributed by atoms with van der Waals surface area (Å²) in [7, 11) is -3.33. The van der Waals surface area contributed by atoms with Gasteiger partial charge in [-0.15, -0.1) is 0 Å². The summed E-state index contributed by atoms with van der Waals surface area (Å²) < 4.78 is 46.8. The minimum Gasteiger partial charge on any atom is -0.439 e. The standard InChI is InChI=1S/C33H35FN6O4S/c1-22-5-7-28(20-35-22)37-33(41)38-31-18-25(24-3-2-4-26(34)17-24)15-16-40(31)21-23-6-14-32(36-19-23)44-29-10-8-27(9-11-29)39-45(42,43)30-12-13-30/h2-11,14,17,19-20,25,30-31,39H,12-13,15-16,18,21H2,1H3,(H2,37,38,41). The van der Waals surface area contributed by atoms with Crippen LogP contribution in [0.25, 0.3) is 0 Å². The Morgan fingerprint density at radius 3 is 2.47 bits per heavy atom. The Labute approximate surface area is 262 Å². The van der Waals surface area contributed by atoms with E-state index in [1.54, 1.807) is 60.9 Å². The van der Waals surface area contributed by atoms with Crippen LogP contribution in [0.1, 0.15) is 48.4 Å². The molecule has 2 aliphatic rings. The smallest absolute Gasteiger partial charge is 0.320 e. The zero-order valence-corrected chi connectivity index (χ0v) is 25.6. The number of hydrogen-bond donors (Lipinski definition) is 3. The van der Waals surface area contributed by atoms with Gasteiger partial charge in [0.25, 0.3) is 0 Å². The first-order chi connectivity index (χ1) is 21.7. The lowest BCUT2D eigenvalue weighted by Crippen LogP contribution is -2.52. The quantitative estimate of drug-likeness (QED) is 0.192. The number of aromatic nitrogens is 2. The summed E-state index contributed by atoms with van der Waals surface area (Å²) in [5, 5.41) is 5.66. The molecular weight excluding hydrogens is 595 g/mol. The zero-order valence-electron chi connectivity index (χ0n) is 24.8. The summed E-state index contributed by atoms with van der Waals surface area (Å²) in [6.45, 7) is 3.11. The summed E-state index contributed by atoms with van der Waals surface area (Å²) in [4.78, 5) is 23.9. The van der Waals surface area contributed by atoms with Gasteiger partial charge < -0.3 is 15.4 Å². The highest BCUT2D eigenvalue weighted by Crippen LogP contribution is 2.33. The molecule has 3 heterocycles. The second kappa shape index (κ2) is 13.2. The van der Waals surface area contributed by atoms with E-state index in [2.05, 4.69) is 30.2 Å². The van der Waals surface area contributed by atoms with E-state index in [1.165, 1.54) is 6.07 Å². The highest BCUT2D eigenvalue weighted by Gasteiger charge is 2.35. The highest BCUT2D eigenvalue weighted by atomic mass is 32.2. The summed E-state index contributed by atoms with van der Waals surface area (Å²) in [5.74, 6) is 0.748.